The molecule has 1 aliphatic rings. The summed E-state index contributed by atoms with van der Waals surface area (Å²) in [5.74, 6) is -0.275. The molecular formula is C30H28N2O3S. The Morgan fingerprint density at radius 2 is 1.53 bits per heavy atom. The summed E-state index contributed by atoms with van der Waals surface area (Å²) in [5, 5.41) is 3.12. The van der Waals surface area contributed by atoms with Crippen LogP contribution in [0, 0.1) is 0 Å². The molecule has 0 fully saturated rings. The molecule has 6 heteroatoms. The van der Waals surface area contributed by atoms with Crippen LogP contribution in [0.25, 0.3) is 0 Å². The lowest BCUT2D eigenvalue weighted by Crippen LogP contribution is -2.32. The fourth-order valence-electron chi connectivity index (χ4n) is 4.73. The van der Waals surface area contributed by atoms with Crippen molar-refractivity contribution in [1.29, 1.82) is 0 Å². The van der Waals surface area contributed by atoms with E-state index in [1.807, 2.05) is 60.7 Å². The Hall–Kier alpha value is -3.90. The van der Waals surface area contributed by atoms with Gasteiger partial charge in [0.2, 0.25) is 0 Å². The zero-order valence-corrected chi connectivity index (χ0v) is 20.7. The molecule has 0 aromatic heterocycles. The minimum absolute atomic E-state index is 0.0818. The molecule has 5 rings (SSSR count). The number of carbonyl (C=O) groups excluding carboxylic acids is 1. The van der Waals surface area contributed by atoms with Gasteiger partial charge in [-0.3, -0.25) is 9.10 Å². The number of nitrogens with zero attached hydrogens (tertiary/aromatic N) is 1. The average molecular weight is 497 g/mol. The molecule has 0 heterocycles. The molecule has 36 heavy (non-hydrogen) atoms. The highest BCUT2D eigenvalue weighted by Crippen LogP contribution is 2.30. The second-order valence-corrected chi connectivity index (χ2v) is 10.8. The summed E-state index contributed by atoms with van der Waals surface area (Å²) in [6.07, 6.45) is 2.87. The predicted octanol–water partition coefficient (Wildman–Crippen LogP) is 5.89. The molecule has 1 N–H and O–H groups in total. The van der Waals surface area contributed by atoms with E-state index in [4.69, 9.17) is 0 Å². The molecule has 0 aliphatic heterocycles. The number of para-hydroxylation sites is 1. The molecule has 0 saturated carbocycles. The zero-order valence-electron chi connectivity index (χ0n) is 19.9. The second-order valence-electron chi connectivity index (χ2n) is 8.98. The van der Waals surface area contributed by atoms with Gasteiger partial charge in [0.1, 0.15) is 0 Å². The van der Waals surface area contributed by atoms with Gasteiger partial charge in [0.15, 0.2) is 0 Å². The predicted molar refractivity (Wildman–Crippen MR) is 142 cm³/mol. The van der Waals surface area contributed by atoms with Crippen LogP contribution in [-0.2, 0) is 23.0 Å². The van der Waals surface area contributed by atoms with Crippen molar-refractivity contribution in [3.8, 4) is 0 Å². The first-order chi connectivity index (χ1) is 17.5. The summed E-state index contributed by atoms with van der Waals surface area (Å²) in [5.41, 5.74) is 4.15. The fraction of sp³-hybridized carbons (Fsp3) is 0.167. The van der Waals surface area contributed by atoms with E-state index in [0.29, 0.717) is 11.3 Å². The second kappa shape index (κ2) is 10.4. The van der Waals surface area contributed by atoms with Crippen LogP contribution < -0.4 is 9.62 Å². The third-order valence-corrected chi connectivity index (χ3v) is 8.34. The van der Waals surface area contributed by atoms with Crippen molar-refractivity contribution in [1.82, 2.24) is 5.32 Å². The van der Waals surface area contributed by atoms with Gasteiger partial charge in [-0.25, -0.2) is 8.42 Å². The molecule has 0 saturated heterocycles. The molecule has 1 atom stereocenters. The van der Waals surface area contributed by atoms with E-state index in [9.17, 15) is 13.2 Å². The van der Waals surface area contributed by atoms with E-state index in [-0.39, 0.29) is 23.4 Å². The summed E-state index contributed by atoms with van der Waals surface area (Å²) in [6.45, 7) is 0.183. The van der Waals surface area contributed by atoms with Gasteiger partial charge >= 0.3 is 0 Å². The monoisotopic (exact) mass is 496 g/mol. The lowest BCUT2D eigenvalue weighted by molar-refractivity contribution is 0.0932. The van der Waals surface area contributed by atoms with Gasteiger partial charge in [0.05, 0.1) is 23.2 Å². The molecular weight excluding hydrogens is 468 g/mol. The molecule has 5 nitrogen and oxygen atoms in total. The smallest absolute Gasteiger partial charge is 0.264 e. The first-order valence-electron chi connectivity index (χ1n) is 12.1. The van der Waals surface area contributed by atoms with Crippen LogP contribution in [0.3, 0.4) is 0 Å². The maximum Gasteiger partial charge on any atom is 0.264 e. The van der Waals surface area contributed by atoms with Crippen molar-refractivity contribution in [2.24, 2.45) is 0 Å². The van der Waals surface area contributed by atoms with Gasteiger partial charge in [0.25, 0.3) is 15.9 Å². The standard InChI is InChI=1S/C30H28N2O3S/c33-30(31-29-20-10-14-24-13-7-8-19-28(24)29)25-15-9-18-27(21-25)36(34,35)32(26-16-5-2-6-17-26)22-23-11-3-1-4-12-23/h1-9,11-13,15-19,21,29H,10,14,20,22H2,(H,31,33)/t29-/m1/s1. The van der Waals surface area contributed by atoms with Gasteiger partial charge in [-0.2, -0.15) is 0 Å². The normalized spacial score (nSPS) is 15.1. The van der Waals surface area contributed by atoms with E-state index >= 15 is 0 Å². The number of amides is 1. The first kappa shape index (κ1) is 23.8. The Labute approximate surface area is 212 Å². The lowest BCUT2D eigenvalue weighted by atomic mass is 9.87. The van der Waals surface area contributed by atoms with Crippen LogP contribution in [0.2, 0.25) is 0 Å². The number of hydrogen-bond acceptors (Lipinski definition) is 3. The minimum Gasteiger partial charge on any atom is -0.345 e. The van der Waals surface area contributed by atoms with E-state index in [1.54, 1.807) is 30.3 Å². The molecule has 1 aliphatic carbocycles. The van der Waals surface area contributed by atoms with Crippen molar-refractivity contribution in [2.45, 2.75) is 36.7 Å². The Morgan fingerprint density at radius 1 is 0.833 bits per heavy atom. The van der Waals surface area contributed by atoms with Crippen LogP contribution in [0.4, 0.5) is 5.69 Å². The molecule has 0 spiro atoms. The maximum absolute atomic E-state index is 13.9. The number of sulfonamides is 1. The minimum atomic E-state index is -3.94. The molecule has 182 valence electrons. The Balaban J connectivity index is 1.44. The summed E-state index contributed by atoms with van der Waals surface area (Å²) >= 11 is 0. The number of aryl methyl sites for hydroxylation is 1. The van der Waals surface area contributed by atoms with Crippen LogP contribution in [-0.4, -0.2) is 14.3 Å². The maximum atomic E-state index is 13.9. The van der Waals surface area contributed by atoms with Gasteiger partial charge in [-0.05, 0) is 66.3 Å². The lowest BCUT2D eigenvalue weighted by Gasteiger charge is -2.27. The van der Waals surface area contributed by atoms with E-state index in [0.717, 1.165) is 30.4 Å². The highest BCUT2D eigenvalue weighted by molar-refractivity contribution is 7.92. The number of anilines is 1. The summed E-state index contributed by atoms with van der Waals surface area (Å²) in [7, 11) is -3.94. The van der Waals surface area contributed by atoms with Gasteiger partial charge in [-0.1, -0.05) is 78.9 Å². The number of fused-ring (bicyclic) bond motifs is 1. The van der Waals surface area contributed by atoms with Crippen molar-refractivity contribution in [3.05, 3.63) is 131 Å². The number of carbonyl (C=O) groups is 1. The van der Waals surface area contributed by atoms with Crippen molar-refractivity contribution < 1.29 is 13.2 Å². The molecule has 0 radical (unpaired) electrons. The summed E-state index contributed by atoms with van der Waals surface area (Å²) in [4.78, 5) is 13.3. The Bertz CT molecular complexity index is 1450. The largest absolute Gasteiger partial charge is 0.345 e. The van der Waals surface area contributed by atoms with Crippen LogP contribution in [0.1, 0.15) is 45.9 Å². The van der Waals surface area contributed by atoms with E-state index in [1.165, 1.54) is 15.9 Å². The number of rotatable bonds is 7. The first-order valence-corrected chi connectivity index (χ1v) is 13.6. The average Bonchev–Trinajstić information content (AvgIpc) is 2.93. The van der Waals surface area contributed by atoms with Gasteiger partial charge in [0, 0.05) is 5.56 Å². The van der Waals surface area contributed by atoms with Crippen molar-refractivity contribution in [3.63, 3.8) is 0 Å². The van der Waals surface area contributed by atoms with Gasteiger partial charge in [-0.15, -0.1) is 0 Å². The third kappa shape index (κ3) is 5.04. The molecule has 4 aromatic rings. The zero-order chi connectivity index (χ0) is 25.0. The highest BCUT2D eigenvalue weighted by Gasteiger charge is 2.27. The Morgan fingerprint density at radius 3 is 2.31 bits per heavy atom. The SMILES string of the molecule is O=C(N[C@@H]1CCCc2ccccc21)c1cccc(S(=O)(=O)N(Cc2ccccc2)c2ccccc2)c1. The number of hydrogen-bond donors (Lipinski definition) is 1. The van der Waals surface area contributed by atoms with Crippen LogP contribution in [0.15, 0.2) is 114 Å². The summed E-state index contributed by atoms with van der Waals surface area (Å²) < 4.78 is 29.1. The molecule has 1 amide bonds. The molecule has 0 bridgehead atoms. The Kier molecular flexibility index (Phi) is 6.87. The topological polar surface area (TPSA) is 66.5 Å². The van der Waals surface area contributed by atoms with Crippen molar-refractivity contribution >= 4 is 21.6 Å². The van der Waals surface area contributed by atoms with Crippen molar-refractivity contribution in [2.75, 3.05) is 4.31 Å². The van der Waals surface area contributed by atoms with Crippen LogP contribution >= 0.6 is 0 Å². The highest BCUT2D eigenvalue weighted by atomic mass is 32.2. The fourth-order valence-corrected chi connectivity index (χ4v) is 6.23. The van der Waals surface area contributed by atoms with Crippen LogP contribution in [0.5, 0.6) is 0 Å². The van der Waals surface area contributed by atoms with Gasteiger partial charge < -0.3 is 5.32 Å². The molecule has 0 unspecified atom stereocenters. The number of benzene rings is 4. The van der Waals surface area contributed by atoms with E-state index in [2.05, 4.69) is 17.4 Å². The van der Waals surface area contributed by atoms with E-state index < -0.39 is 10.0 Å². The molecule has 4 aromatic carbocycles. The quantitative estimate of drug-likeness (QED) is 0.347. The summed E-state index contributed by atoms with van der Waals surface area (Å²) in [6, 6.07) is 32.9. The number of nitrogens with one attached hydrogen (secondary N) is 1. The third-order valence-electron chi connectivity index (χ3n) is 6.57.